The first-order valence-electron chi connectivity index (χ1n) is 11.7. The van der Waals surface area contributed by atoms with Crippen LogP contribution in [0.15, 0.2) is 53.3 Å². The van der Waals surface area contributed by atoms with Crippen molar-refractivity contribution in [1.29, 1.82) is 0 Å². The van der Waals surface area contributed by atoms with Crippen molar-refractivity contribution in [1.82, 2.24) is 19.4 Å². The number of rotatable bonds is 6. The van der Waals surface area contributed by atoms with Crippen molar-refractivity contribution in [3.8, 4) is 5.69 Å². The molecule has 2 unspecified atom stereocenters. The molecule has 0 aliphatic carbocycles. The molecule has 1 saturated heterocycles. The van der Waals surface area contributed by atoms with E-state index in [1.807, 2.05) is 41.3 Å². The van der Waals surface area contributed by atoms with E-state index in [0.29, 0.717) is 34.7 Å². The van der Waals surface area contributed by atoms with E-state index < -0.39 is 0 Å². The fourth-order valence-electron chi connectivity index (χ4n) is 4.61. The van der Waals surface area contributed by atoms with Gasteiger partial charge in [0.1, 0.15) is 5.82 Å². The highest BCUT2D eigenvalue weighted by Crippen LogP contribution is 2.26. The minimum atomic E-state index is -0.103. The highest BCUT2D eigenvalue weighted by molar-refractivity contribution is 6.30. The van der Waals surface area contributed by atoms with Crippen molar-refractivity contribution in [2.75, 3.05) is 19.6 Å². The third-order valence-corrected chi connectivity index (χ3v) is 6.78. The number of carbonyl (C=O) groups excluding carboxylic acids is 1. The van der Waals surface area contributed by atoms with Gasteiger partial charge in [0.05, 0.1) is 22.6 Å². The maximum atomic E-state index is 13.5. The number of para-hydroxylation sites is 1. The smallest absolute Gasteiger partial charge is 0.266 e. The maximum absolute atomic E-state index is 13.5. The molecule has 1 aromatic heterocycles. The van der Waals surface area contributed by atoms with Gasteiger partial charge < -0.3 is 4.90 Å². The predicted molar refractivity (Wildman–Crippen MR) is 133 cm³/mol. The van der Waals surface area contributed by atoms with Crippen LogP contribution in [0.2, 0.25) is 5.02 Å². The van der Waals surface area contributed by atoms with Gasteiger partial charge in [-0.1, -0.05) is 37.1 Å². The number of hydrogen-bond acceptors (Lipinski definition) is 4. The third-order valence-electron chi connectivity index (χ3n) is 6.53. The maximum Gasteiger partial charge on any atom is 0.266 e. The molecular weight excluding hydrogens is 436 g/mol. The number of aromatic nitrogens is 2. The molecule has 1 aliphatic heterocycles. The predicted octanol–water partition coefficient (Wildman–Crippen LogP) is 4.82. The summed E-state index contributed by atoms with van der Waals surface area (Å²) in [6, 6.07) is 14.7. The summed E-state index contributed by atoms with van der Waals surface area (Å²) < 4.78 is 1.70. The van der Waals surface area contributed by atoms with E-state index in [2.05, 4.69) is 25.7 Å². The summed E-state index contributed by atoms with van der Waals surface area (Å²) >= 11 is 6.10. The molecule has 0 saturated carbocycles. The largest absolute Gasteiger partial charge is 0.337 e. The summed E-state index contributed by atoms with van der Waals surface area (Å²) in [6.45, 7) is 8.46. The molecule has 2 aromatic carbocycles. The molecule has 2 heterocycles. The number of nitrogens with zero attached hydrogens (tertiary/aromatic N) is 4. The van der Waals surface area contributed by atoms with Crippen molar-refractivity contribution >= 4 is 28.4 Å². The number of benzene rings is 2. The summed E-state index contributed by atoms with van der Waals surface area (Å²) in [5.74, 6) is 0.928. The van der Waals surface area contributed by atoms with Gasteiger partial charge in [-0.15, -0.1) is 0 Å². The average Bonchev–Trinajstić information content (AvgIpc) is 2.82. The Morgan fingerprint density at radius 2 is 1.88 bits per heavy atom. The van der Waals surface area contributed by atoms with Gasteiger partial charge in [-0.2, -0.15) is 0 Å². The molecule has 1 aliphatic rings. The number of piperazine rings is 1. The van der Waals surface area contributed by atoms with Crippen molar-refractivity contribution in [3.63, 3.8) is 0 Å². The number of amides is 1. The molecule has 0 bridgehead atoms. The van der Waals surface area contributed by atoms with Gasteiger partial charge in [-0.25, -0.2) is 4.98 Å². The lowest BCUT2D eigenvalue weighted by Crippen LogP contribution is -2.54. The molecule has 2 atom stereocenters. The van der Waals surface area contributed by atoms with Crippen LogP contribution in [-0.2, 0) is 4.79 Å². The topological polar surface area (TPSA) is 58.4 Å². The van der Waals surface area contributed by atoms with Gasteiger partial charge in [-0.3, -0.25) is 19.1 Å². The SMILES string of the molecule is CCCCC(=O)N1CCN(C(C)c2nc3ccccc3c(=O)n2-c2ccc(Cl)cc2)CC1C. The highest BCUT2D eigenvalue weighted by atomic mass is 35.5. The van der Waals surface area contributed by atoms with Crippen LogP contribution in [-0.4, -0.2) is 50.9 Å². The van der Waals surface area contributed by atoms with Crippen molar-refractivity contribution in [2.45, 2.75) is 52.1 Å². The Kier molecular flexibility index (Phi) is 7.15. The fraction of sp³-hybridized carbons (Fsp3) is 0.423. The number of unbranched alkanes of at least 4 members (excludes halogenated alkanes) is 1. The quantitative estimate of drug-likeness (QED) is 0.522. The molecule has 33 heavy (non-hydrogen) atoms. The van der Waals surface area contributed by atoms with Gasteiger partial charge in [0, 0.05) is 37.1 Å². The zero-order valence-corrected chi connectivity index (χ0v) is 20.3. The monoisotopic (exact) mass is 466 g/mol. The van der Waals surface area contributed by atoms with Gasteiger partial charge in [-0.05, 0) is 56.7 Å². The number of halogens is 1. The molecule has 0 N–H and O–H groups in total. The van der Waals surface area contributed by atoms with Gasteiger partial charge >= 0.3 is 0 Å². The molecule has 0 spiro atoms. The molecule has 3 aromatic rings. The summed E-state index contributed by atoms with van der Waals surface area (Å²) in [5.41, 5.74) is 1.34. The minimum absolute atomic E-state index is 0.0915. The van der Waals surface area contributed by atoms with E-state index in [9.17, 15) is 9.59 Å². The van der Waals surface area contributed by atoms with Crippen LogP contribution in [0.25, 0.3) is 16.6 Å². The Morgan fingerprint density at radius 3 is 2.58 bits per heavy atom. The van der Waals surface area contributed by atoms with Crippen LogP contribution in [0.5, 0.6) is 0 Å². The molecule has 4 rings (SSSR count). The number of fused-ring (bicyclic) bond motifs is 1. The normalized spacial score (nSPS) is 17.9. The summed E-state index contributed by atoms with van der Waals surface area (Å²) in [4.78, 5) is 35.4. The molecule has 7 heteroatoms. The molecule has 1 amide bonds. The minimum Gasteiger partial charge on any atom is -0.337 e. The Hall–Kier alpha value is -2.70. The van der Waals surface area contributed by atoms with E-state index >= 15 is 0 Å². The number of carbonyl (C=O) groups is 1. The zero-order chi connectivity index (χ0) is 23.5. The van der Waals surface area contributed by atoms with E-state index in [1.165, 1.54) is 0 Å². The molecular formula is C26H31ClN4O2. The van der Waals surface area contributed by atoms with Crippen LogP contribution in [0.1, 0.15) is 51.9 Å². The van der Waals surface area contributed by atoms with Crippen LogP contribution in [0, 0.1) is 0 Å². The van der Waals surface area contributed by atoms with E-state index in [-0.39, 0.29) is 23.6 Å². The molecule has 174 valence electrons. The van der Waals surface area contributed by atoms with Crippen LogP contribution < -0.4 is 5.56 Å². The van der Waals surface area contributed by atoms with E-state index in [4.69, 9.17) is 16.6 Å². The zero-order valence-electron chi connectivity index (χ0n) is 19.5. The lowest BCUT2D eigenvalue weighted by molar-refractivity contribution is -0.136. The fourth-order valence-corrected chi connectivity index (χ4v) is 4.74. The van der Waals surface area contributed by atoms with Gasteiger partial charge in [0.25, 0.3) is 5.56 Å². The second kappa shape index (κ2) is 10.1. The van der Waals surface area contributed by atoms with Crippen LogP contribution >= 0.6 is 11.6 Å². The first-order chi connectivity index (χ1) is 15.9. The molecule has 6 nitrogen and oxygen atoms in total. The summed E-state index contributed by atoms with van der Waals surface area (Å²) in [5, 5.41) is 1.20. The summed E-state index contributed by atoms with van der Waals surface area (Å²) in [7, 11) is 0. The second-order valence-corrected chi connectivity index (χ2v) is 9.25. The number of hydrogen-bond donors (Lipinski definition) is 0. The van der Waals surface area contributed by atoms with E-state index in [1.54, 1.807) is 16.7 Å². The average molecular weight is 467 g/mol. The summed E-state index contributed by atoms with van der Waals surface area (Å²) in [6.07, 6.45) is 2.56. The molecule has 0 radical (unpaired) electrons. The van der Waals surface area contributed by atoms with Crippen molar-refractivity contribution in [2.24, 2.45) is 0 Å². The Balaban J connectivity index is 1.69. The second-order valence-electron chi connectivity index (χ2n) is 8.81. The first-order valence-corrected chi connectivity index (χ1v) is 12.1. The van der Waals surface area contributed by atoms with Crippen LogP contribution in [0.4, 0.5) is 0 Å². The Morgan fingerprint density at radius 1 is 1.15 bits per heavy atom. The van der Waals surface area contributed by atoms with Gasteiger partial charge in [0.15, 0.2) is 0 Å². The third kappa shape index (κ3) is 4.82. The van der Waals surface area contributed by atoms with Gasteiger partial charge in [0.2, 0.25) is 5.91 Å². The standard InChI is InChI=1S/C26H31ClN4O2/c1-4-5-10-24(32)30-16-15-29(17-18(30)2)19(3)25-28-23-9-7-6-8-22(23)26(33)31(25)21-13-11-20(27)12-14-21/h6-9,11-14,18-19H,4-5,10,15-17H2,1-3H3. The Labute approximate surface area is 199 Å². The highest BCUT2D eigenvalue weighted by Gasteiger charge is 2.31. The molecule has 1 fully saturated rings. The lowest BCUT2D eigenvalue weighted by atomic mass is 10.1. The first kappa shape index (κ1) is 23.5. The Bertz CT molecular complexity index is 1190. The van der Waals surface area contributed by atoms with E-state index in [0.717, 1.165) is 31.6 Å². The van der Waals surface area contributed by atoms with Crippen molar-refractivity contribution in [3.05, 3.63) is 69.7 Å². The lowest BCUT2D eigenvalue weighted by Gasteiger charge is -2.42. The van der Waals surface area contributed by atoms with Crippen LogP contribution in [0.3, 0.4) is 0 Å². The van der Waals surface area contributed by atoms with Crippen molar-refractivity contribution < 1.29 is 4.79 Å².